The van der Waals surface area contributed by atoms with Gasteiger partial charge in [-0.25, -0.2) is 0 Å². The van der Waals surface area contributed by atoms with E-state index < -0.39 is 6.04 Å². The summed E-state index contributed by atoms with van der Waals surface area (Å²) in [5.41, 5.74) is 3.06. The fourth-order valence-electron chi connectivity index (χ4n) is 3.22. The number of fused-ring (bicyclic) bond motifs is 1. The number of anilines is 1. The van der Waals surface area contributed by atoms with Crippen molar-refractivity contribution in [2.75, 3.05) is 11.9 Å². The summed E-state index contributed by atoms with van der Waals surface area (Å²) in [7, 11) is 1.73. The van der Waals surface area contributed by atoms with Crippen LogP contribution < -0.4 is 15.5 Å². The van der Waals surface area contributed by atoms with E-state index in [-0.39, 0.29) is 17.9 Å². The highest BCUT2D eigenvalue weighted by Crippen LogP contribution is 2.31. The Balaban J connectivity index is 1.93. The standard InChI is InChI=1S/C21H24BrN3O2/c1-14(23-2)20(26)24-18-11-9-16-8-10-17(22)12-19(16)25(21(18)27)13-15-6-4-3-5-7-15/h3-8,10,12,14,18,23H,9,11,13H2,1-2H3,(H,24,26). The molecule has 1 heterocycles. The Hall–Kier alpha value is -2.18. The molecule has 3 rings (SSSR count). The van der Waals surface area contributed by atoms with Crippen molar-refractivity contribution >= 4 is 33.4 Å². The molecule has 1 aliphatic heterocycles. The maximum atomic E-state index is 13.3. The van der Waals surface area contributed by atoms with Gasteiger partial charge in [-0.05, 0) is 50.1 Å². The molecule has 142 valence electrons. The van der Waals surface area contributed by atoms with Gasteiger partial charge in [-0.2, -0.15) is 0 Å². The van der Waals surface area contributed by atoms with Crippen molar-refractivity contribution in [3.8, 4) is 0 Å². The summed E-state index contributed by atoms with van der Waals surface area (Å²) in [5, 5.41) is 5.84. The quantitative estimate of drug-likeness (QED) is 0.767. The molecule has 2 aromatic rings. The number of carbonyl (C=O) groups excluding carboxylic acids is 2. The molecule has 2 atom stereocenters. The van der Waals surface area contributed by atoms with E-state index in [1.165, 1.54) is 0 Å². The number of aryl methyl sites for hydroxylation is 1. The van der Waals surface area contributed by atoms with Crippen LogP contribution in [-0.2, 0) is 22.6 Å². The minimum Gasteiger partial charge on any atom is -0.343 e. The number of nitrogens with one attached hydrogen (secondary N) is 2. The van der Waals surface area contributed by atoms with E-state index in [4.69, 9.17) is 0 Å². The SMILES string of the molecule is CNC(C)C(=O)NC1CCc2ccc(Br)cc2N(Cc2ccccc2)C1=O. The lowest BCUT2D eigenvalue weighted by Crippen LogP contribution is -2.52. The van der Waals surface area contributed by atoms with Crippen LogP contribution in [0.4, 0.5) is 5.69 Å². The number of halogens is 1. The average Bonchev–Trinajstić information content (AvgIpc) is 2.80. The summed E-state index contributed by atoms with van der Waals surface area (Å²) in [6, 6.07) is 15.0. The number of likely N-dealkylation sites (N-methyl/N-ethyl adjacent to an activating group) is 1. The average molecular weight is 430 g/mol. The molecule has 0 aromatic heterocycles. The van der Waals surface area contributed by atoms with Crippen LogP contribution in [-0.4, -0.2) is 30.9 Å². The van der Waals surface area contributed by atoms with Crippen molar-refractivity contribution in [2.24, 2.45) is 0 Å². The van der Waals surface area contributed by atoms with Crippen LogP contribution in [0.5, 0.6) is 0 Å². The first kappa shape index (κ1) is 19.6. The van der Waals surface area contributed by atoms with Crippen LogP contribution in [0.1, 0.15) is 24.5 Å². The highest BCUT2D eigenvalue weighted by atomic mass is 79.9. The minimum atomic E-state index is -0.539. The monoisotopic (exact) mass is 429 g/mol. The Labute approximate surface area is 168 Å². The molecule has 6 heteroatoms. The van der Waals surface area contributed by atoms with E-state index in [9.17, 15) is 9.59 Å². The summed E-state index contributed by atoms with van der Waals surface area (Å²) in [6.07, 6.45) is 1.32. The predicted octanol–water partition coefficient (Wildman–Crippen LogP) is 3.02. The van der Waals surface area contributed by atoms with Crippen molar-refractivity contribution in [2.45, 2.75) is 38.4 Å². The van der Waals surface area contributed by atoms with E-state index in [1.807, 2.05) is 48.5 Å². The third-order valence-corrected chi connectivity index (χ3v) is 5.42. The van der Waals surface area contributed by atoms with Crippen molar-refractivity contribution in [1.82, 2.24) is 10.6 Å². The number of amides is 2. The molecule has 1 aliphatic rings. The van der Waals surface area contributed by atoms with E-state index >= 15 is 0 Å². The fraction of sp³-hybridized carbons (Fsp3) is 0.333. The second kappa shape index (κ2) is 8.67. The van der Waals surface area contributed by atoms with Crippen LogP contribution in [0.3, 0.4) is 0 Å². The first-order chi connectivity index (χ1) is 13.0. The van der Waals surface area contributed by atoms with Crippen LogP contribution in [0.2, 0.25) is 0 Å². The van der Waals surface area contributed by atoms with Crippen LogP contribution in [0.15, 0.2) is 53.0 Å². The molecule has 0 fully saturated rings. The van der Waals surface area contributed by atoms with Crippen molar-refractivity contribution in [1.29, 1.82) is 0 Å². The van der Waals surface area contributed by atoms with Crippen LogP contribution in [0, 0.1) is 0 Å². The molecular formula is C21H24BrN3O2. The largest absolute Gasteiger partial charge is 0.343 e. The lowest BCUT2D eigenvalue weighted by Gasteiger charge is -2.27. The molecule has 0 saturated heterocycles. The summed E-state index contributed by atoms with van der Waals surface area (Å²) in [4.78, 5) is 27.5. The second-order valence-electron chi connectivity index (χ2n) is 6.79. The molecule has 27 heavy (non-hydrogen) atoms. The van der Waals surface area contributed by atoms with Crippen molar-refractivity contribution < 1.29 is 9.59 Å². The number of nitrogens with zero attached hydrogens (tertiary/aromatic N) is 1. The molecule has 2 aromatic carbocycles. The lowest BCUT2D eigenvalue weighted by atomic mass is 10.1. The number of benzene rings is 2. The Bertz CT molecular complexity index is 825. The number of carbonyl (C=O) groups is 2. The van der Waals surface area contributed by atoms with Gasteiger partial charge in [-0.3, -0.25) is 9.59 Å². The third kappa shape index (κ3) is 4.57. The lowest BCUT2D eigenvalue weighted by molar-refractivity contribution is -0.128. The maximum Gasteiger partial charge on any atom is 0.249 e. The second-order valence-corrected chi connectivity index (χ2v) is 7.71. The van der Waals surface area contributed by atoms with Gasteiger partial charge in [-0.15, -0.1) is 0 Å². The zero-order chi connectivity index (χ0) is 19.4. The zero-order valence-electron chi connectivity index (χ0n) is 15.5. The Morgan fingerprint density at radius 2 is 2.00 bits per heavy atom. The smallest absolute Gasteiger partial charge is 0.249 e. The molecule has 5 nitrogen and oxygen atoms in total. The highest BCUT2D eigenvalue weighted by Gasteiger charge is 2.32. The van der Waals surface area contributed by atoms with E-state index in [0.29, 0.717) is 13.0 Å². The fourth-order valence-corrected chi connectivity index (χ4v) is 3.57. The zero-order valence-corrected chi connectivity index (χ0v) is 17.1. The van der Waals surface area contributed by atoms with Gasteiger partial charge < -0.3 is 15.5 Å². The number of hydrogen-bond acceptors (Lipinski definition) is 3. The maximum absolute atomic E-state index is 13.3. The number of rotatable bonds is 5. The van der Waals surface area contributed by atoms with Gasteiger partial charge in [0.05, 0.1) is 12.6 Å². The molecule has 0 aliphatic carbocycles. The van der Waals surface area contributed by atoms with E-state index in [0.717, 1.165) is 27.7 Å². The van der Waals surface area contributed by atoms with E-state index in [1.54, 1.807) is 18.9 Å². The Morgan fingerprint density at radius 1 is 1.26 bits per heavy atom. The Morgan fingerprint density at radius 3 is 2.70 bits per heavy atom. The molecule has 0 spiro atoms. The first-order valence-corrected chi connectivity index (χ1v) is 9.90. The summed E-state index contributed by atoms with van der Waals surface area (Å²) in [6.45, 7) is 2.25. The normalized spacial score (nSPS) is 17.8. The summed E-state index contributed by atoms with van der Waals surface area (Å²) in [5.74, 6) is -0.241. The molecule has 2 N–H and O–H groups in total. The molecular weight excluding hydrogens is 406 g/mol. The molecule has 0 bridgehead atoms. The molecule has 0 radical (unpaired) electrons. The van der Waals surface area contributed by atoms with Gasteiger partial charge in [0, 0.05) is 10.2 Å². The van der Waals surface area contributed by atoms with Crippen LogP contribution in [0.25, 0.3) is 0 Å². The van der Waals surface area contributed by atoms with Gasteiger partial charge in [0.15, 0.2) is 0 Å². The predicted molar refractivity (Wildman–Crippen MR) is 111 cm³/mol. The molecule has 0 saturated carbocycles. The minimum absolute atomic E-state index is 0.0765. The summed E-state index contributed by atoms with van der Waals surface area (Å²) >= 11 is 3.52. The Kier molecular flexibility index (Phi) is 6.29. The summed E-state index contributed by atoms with van der Waals surface area (Å²) < 4.78 is 0.929. The van der Waals surface area contributed by atoms with Gasteiger partial charge in [-0.1, -0.05) is 52.3 Å². The topological polar surface area (TPSA) is 61.4 Å². The molecule has 2 unspecified atom stereocenters. The number of hydrogen-bond donors (Lipinski definition) is 2. The van der Waals surface area contributed by atoms with Crippen molar-refractivity contribution in [3.05, 3.63) is 64.1 Å². The third-order valence-electron chi connectivity index (χ3n) is 4.93. The van der Waals surface area contributed by atoms with Crippen molar-refractivity contribution in [3.63, 3.8) is 0 Å². The first-order valence-electron chi connectivity index (χ1n) is 9.11. The van der Waals surface area contributed by atoms with E-state index in [2.05, 4.69) is 26.6 Å². The van der Waals surface area contributed by atoms with Gasteiger partial charge in [0.25, 0.3) is 0 Å². The highest BCUT2D eigenvalue weighted by molar-refractivity contribution is 9.10. The molecule has 2 amide bonds. The van der Waals surface area contributed by atoms with Crippen LogP contribution >= 0.6 is 15.9 Å². The van der Waals surface area contributed by atoms with Gasteiger partial charge in [0.1, 0.15) is 6.04 Å². The van der Waals surface area contributed by atoms with Gasteiger partial charge in [0.2, 0.25) is 11.8 Å². The van der Waals surface area contributed by atoms with Gasteiger partial charge >= 0.3 is 0 Å².